The third-order valence-corrected chi connectivity index (χ3v) is 4.05. The molecule has 2 heterocycles. The second-order valence-electron chi connectivity index (χ2n) is 6.24. The van der Waals surface area contributed by atoms with Gasteiger partial charge < -0.3 is 10.1 Å². The lowest BCUT2D eigenvalue weighted by Crippen LogP contribution is -2.43. The van der Waals surface area contributed by atoms with Gasteiger partial charge in [0.1, 0.15) is 5.70 Å². The van der Waals surface area contributed by atoms with E-state index in [1.165, 1.54) is 0 Å². The van der Waals surface area contributed by atoms with Gasteiger partial charge in [0.25, 0.3) is 5.91 Å². The van der Waals surface area contributed by atoms with Gasteiger partial charge in [-0.3, -0.25) is 10.1 Å². The number of carbonyl (C=O) groups excluding carboxylic acids is 1. The summed E-state index contributed by atoms with van der Waals surface area (Å²) in [6.45, 7) is 6.21. The Labute approximate surface area is 129 Å². The highest BCUT2D eigenvalue weighted by atomic mass is 32.1. The van der Waals surface area contributed by atoms with E-state index in [1.807, 2.05) is 6.08 Å². The summed E-state index contributed by atoms with van der Waals surface area (Å²) < 4.78 is 6.19. The summed E-state index contributed by atoms with van der Waals surface area (Å²) >= 11 is 4.93. The van der Waals surface area contributed by atoms with Crippen LogP contribution in [0.25, 0.3) is 0 Å². The minimum absolute atomic E-state index is 0.191. The third-order valence-electron chi connectivity index (χ3n) is 3.84. The van der Waals surface area contributed by atoms with E-state index in [4.69, 9.17) is 17.0 Å². The minimum atomic E-state index is -0.305. The van der Waals surface area contributed by atoms with Crippen molar-refractivity contribution in [2.45, 2.75) is 38.4 Å². The maximum Gasteiger partial charge on any atom is 0.273 e. The van der Waals surface area contributed by atoms with Crippen molar-refractivity contribution < 1.29 is 9.53 Å². The van der Waals surface area contributed by atoms with Crippen molar-refractivity contribution in [1.82, 2.24) is 10.6 Å². The summed E-state index contributed by atoms with van der Waals surface area (Å²) in [4.78, 5) is 11.7. The Morgan fingerprint density at radius 3 is 2.76 bits per heavy atom. The van der Waals surface area contributed by atoms with Crippen LogP contribution < -0.4 is 10.6 Å². The Kier molecular flexibility index (Phi) is 3.15. The topological polar surface area (TPSA) is 50.4 Å². The summed E-state index contributed by atoms with van der Waals surface area (Å²) in [5.74, 6) is -0.191. The molecule has 0 spiro atoms. The Balaban J connectivity index is 1.89. The average Bonchev–Trinajstić information content (AvgIpc) is 2.67. The molecule has 0 aromatic heterocycles. The normalized spacial score (nSPS) is 32.2. The predicted molar refractivity (Wildman–Crippen MR) is 85.5 cm³/mol. The van der Waals surface area contributed by atoms with Crippen LogP contribution >= 0.6 is 12.2 Å². The van der Waals surface area contributed by atoms with Gasteiger partial charge in [0, 0.05) is 0 Å². The van der Waals surface area contributed by atoms with Crippen LogP contribution in [-0.2, 0) is 9.53 Å². The molecule has 0 aromatic rings. The van der Waals surface area contributed by atoms with Crippen molar-refractivity contribution in [3.8, 4) is 0 Å². The molecule has 110 valence electrons. The van der Waals surface area contributed by atoms with Crippen molar-refractivity contribution in [2.24, 2.45) is 0 Å². The van der Waals surface area contributed by atoms with Crippen LogP contribution in [-0.4, -0.2) is 22.2 Å². The number of ether oxygens (including phenoxy) is 1. The SMILES string of the molecule is CC1(C)C=CC2=CC(/C=C3\NC(=S)NC3=O)=CCC2(C)O1. The minimum Gasteiger partial charge on any atom is -0.360 e. The zero-order valence-corrected chi connectivity index (χ0v) is 13.1. The molecule has 1 saturated heterocycles. The number of hydrogen-bond donors (Lipinski definition) is 2. The molecule has 1 fully saturated rings. The maximum absolute atomic E-state index is 11.7. The lowest BCUT2D eigenvalue weighted by molar-refractivity contribution is -0.115. The van der Waals surface area contributed by atoms with Crippen LogP contribution in [0.15, 0.2) is 47.2 Å². The molecule has 21 heavy (non-hydrogen) atoms. The van der Waals surface area contributed by atoms with Gasteiger partial charge in [-0.25, -0.2) is 0 Å². The standard InChI is InChI=1S/C16H18N2O2S/c1-15(2)6-5-11-8-10(4-7-16(11,3)20-15)9-12-13(19)18-14(21)17-12/h4-6,8-9H,7H2,1-3H3,(H2,17,18,19,21)/b12-9-. The molecule has 0 radical (unpaired) electrons. The Morgan fingerprint density at radius 1 is 1.33 bits per heavy atom. The van der Waals surface area contributed by atoms with E-state index in [2.05, 4.69) is 55.7 Å². The van der Waals surface area contributed by atoms with Crippen molar-refractivity contribution in [3.63, 3.8) is 0 Å². The van der Waals surface area contributed by atoms with Crippen molar-refractivity contribution in [3.05, 3.63) is 47.2 Å². The van der Waals surface area contributed by atoms with Gasteiger partial charge in [0.05, 0.1) is 11.2 Å². The Hall–Kier alpha value is -1.72. The molecule has 1 unspecified atom stereocenters. The van der Waals surface area contributed by atoms with E-state index in [0.717, 1.165) is 17.6 Å². The average molecular weight is 302 g/mol. The summed E-state index contributed by atoms with van der Waals surface area (Å²) in [5.41, 5.74) is 2.03. The number of fused-ring (bicyclic) bond motifs is 1. The van der Waals surface area contributed by atoms with Crippen molar-refractivity contribution in [1.29, 1.82) is 0 Å². The molecule has 0 bridgehead atoms. The number of allylic oxidation sites excluding steroid dienone is 3. The number of amides is 1. The first-order chi connectivity index (χ1) is 9.77. The van der Waals surface area contributed by atoms with Crippen LogP contribution in [0.3, 0.4) is 0 Å². The second kappa shape index (κ2) is 4.64. The molecule has 0 aromatic carbocycles. The van der Waals surface area contributed by atoms with Crippen LogP contribution in [0.4, 0.5) is 0 Å². The number of rotatable bonds is 1. The number of hydrogen-bond acceptors (Lipinski definition) is 3. The van der Waals surface area contributed by atoms with Crippen LogP contribution in [0.2, 0.25) is 0 Å². The quantitative estimate of drug-likeness (QED) is 0.576. The Morgan fingerprint density at radius 2 is 2.10 bits per heavy atom. The molecule has 3 rings (SSSR count). The van der Waals surface area contributed by atoms with E-state index in [9.17, 15) is 4.79 Å². The smallest absolute Gasteiger partial charge is 0.273 e. The largest absolute Gasteiger partial charge is 0.360 e. The van der Waals surface area contributed by atoms with Crippen molar-refractivity contribution >= 4 is 23.2 Å². The number of nitrogens with one attached hydrogen (secondary N) is 2. The highest BCUT2D eigenvalue weighted by Gasteiger charge is 2.38. The fourth-order valence-corrected chi connectivity index (χ4v) is 3.00. The first-order valence-electron chi connectivity index (χ1n) is 6.93. The maximum atomic E-state index is 11.7. The molecular formula is C16H18N2O2S. The van der Waals surface area contributed by atoms with E-state index in [0.29, 0.717) is 10.8 Å². The molecule has 2 aliphatic heterocycles. The molecule has 1 amide bonds. The molecule has 0 saturated carbocycles. The summed E-state index contributed by atoms with van der Waals surface area (Å²) in [5, 5.41) is 5.77. The van der Waals surface area contributed by atoms with Gasteiger partial charge in [-0.15, -0.1) is 0 Å². The molecule has 5 heteroatoms. The van der Waals surface area contributed by atoms with Gasteiger partial charge in [-0.1, -0.05) is 18.2 Å². The molecule has 1 atom stereocenters. The molecule has 4 nitrogen and oxygen atoms in total. The number of carbonyl (C=O) groups is 1. The zero-order valence-electron chi connectivity index (χ0n) is 12.3. The summed E-state index contributed by atoms with van der Waals surface area (Å²) in [6.07, 6.45) is 10.9. The monoisotopic (exact) mass is 302 g/mol. The first-order valence-corrected chi connectivity index (χ1v) is 7.34. The lowest BCUT2D eigenvalue weighted by atomic mass is 9.81. The zero-order chi connectivity index (χ0) is 15.3. The molecule has 1 aliphatic carbocycles. The van der Waals surface area contributed by atoms with Crippen LogP contribution in [0, 0.1) is 0 Å². The van der Waals surface area contributed by atoms with Gasteiger partial charge >= 0.3 is 0 Å². The first kappa shape index (κ1) is 14.2. The van der Waals surface area contributed by atoms with E-state index >= 15 is 0 Å². The van der Waals surface area contributed by atoms with Gasteiger partial charge in [-0.05, 0) is 62.7 Å². The van der Waals surface area contributed by atoms with E-state index < -0.39 is 0 Å². The summed E-state index contributed by atoms with van der Waals surface area (Å²) in [7, 11) is 0. The fourth-order valence-electron chi connectivity index (χ4n) is 2.80. The molecule has 3 aliphatic rings. The highest BCUT2D eigenvalue weighted by Crippen LogP contribution is 2.40. The van der Waals surface area contributed by atoms with Gasteiger partial charge in [0.2, 0.25) is 0 Å². The summed E-state index contributed by atoms with van der Waals surface area (Å²) in [6, 6.07) is 0. The lowest BCUT2D eigenvalue weighted by Gasteiger charge is -2.42. The predicted octanol–water partition coefficient (Wildman–Crippen LogP) is 2.25. The van der Waals surface area contributed by atoms with Gasteiger partial charge in [-0.2, -0.15) is 0 Å². The highest BCUT2D eigenvalue weighted by molar-refractivity contribution is 7.80. The molecule has 2 N–H and O–H groups in total. The van der Waals surface area contributed by atoms with E-state index in [1.54, 1.807) is 0 Å². The Bertz CT molecular complexity index is 655. The van der Waals surface area contributed by atoms with Crippen LogP contribution in [0.5, 0.6) is 0 Å². The number of thiocarbonyl (C=S) groups is 1. The fraction of sp³-hybridized carbons (Fsp3) is 0.375. The molecular weight excluding hydrogens is 284 g/mol. The van der Waals surface area contributed by atoms with Gasteiger partial charge in [0.15, 0.2) is 5.11 Å². The second-order valence-corrected chi connectivity index (χ2v) is 6.65. The van der Waals surface area contributed by atoms with Crippen molar-refractivity contribution in [2.75, 3.05) is 0 Å². The third kappa shape index (κ3) is 2.71. The van der Waals surface area contributed by atoms with E-state index in [-0.39, 0.29) is 17.1 Å². The van der Waals surface area contributed by atoms with Crippen LogP contribution in [0.1, 0.15) is 27.2 Å².